The average molecular weight is 247 g/mol. The minimum atomic E-state index is -0.0249. The molecule has 1 aromatic rings. The van der Waals surface area contributed by atoms with Crippen molar-refractivity contribution in [3.8, 4) is 6.07 Å². The Hall–Kier alpha value is -0.810. The highest BCUT2D eigenvalue weighted by Gasteiger charge is 2.35. The van der Waals surface area contributed by atoms with Crippen LogP contribution in [-0.2, 0) is 6.42 Å². The maximum atomic E-state index is 9.54. The number of hydrogen-bond donors (Lipinski definition) is 0. The third-order valence-electron chi connectivity index (χ3n) is 4.19. The second kappa shape index (κ2) is 5.69. The van der Waals surface area contributed by atoms with Crippen molar-refractivity contribution in [3.63, 3.8) is 0 Å². The highest BCUT2D eigenvalue weighted by atomic mass is 32.1. The molecule has 1 aliphatic carbocycles. The van der Waals surface area contributed by atoms with Crippen LogP contribution in [0.2, 0.25) is 0 Å². The summed E-state index contributed by atoms with van der Waals surface area (Å²) in [5, 5.41) is 11.7. The van der Waals surface area contributed by atoms with Crippen LogP contribution in [0.3, 0.4) is 0 Å². The van der Waals surface area contributed by atoms with E-state index < -0.39 is 0 Å². The van der Waals surface area contributed by atoms with Crippen molar-refractivity contribution in [2.75, 3.05) is 0 Å². The Balaban J connectivity index is 1.97. The van der Waals surface area contributed by atoms with Crippen LogP contribution >= 0.6 is 11.3 Å². The lowest BCUT2D eigenvalue weighted by Gasteiger charge is -2.35. The van der Waals surface area contributed by atoms with Gasteiger partial charge < -0.3 is 0 Å². The van der Waals surface area contributed by atoms with Gasteiger partial charge in [0.25, 0.3) is 0 Å². The Bertz CT molecular complexity index is 376. The standard InChI is InChI=1S/C15H21NS/c1-2-13-5-3-8-15(11-13,12-16)9-7-14-6-4-10-17-14/h4,6,10,13H,2-3,5,7-9,11H2,1H3. The summed E-state index contributed by atoms with van der Waals surface area (Å²) in [5.74, 6) is 0.784. The maximum Gasteiger partial charge on any atom is 0.0689 e. The monoisotopic (exact) mass is 247 g/mol. The number of thiophene rings is 1. The Morgan fingerprint density at radius 2 is 2.47 bits per heavy atom. The quantitative estimate of drug-likeness (QED) is 0.750. The fourth-order valence-electron chi connectivity index (χ4n) is 3.04. The topological polar surface area (TPSA) is 23.8 Å². The third-order valence-corrected chi connectivity index (χ3v) is 5.13. The van der Waals surface area contributed by atoms with E-state index in [1.807, 2.05) is 11.3 Å². The molecule has 92 valence electrons. The summed E-state index contributed by atoms with van der Waals surface area (Å²) in [5.41, 5.74) is -0.0249. The number of nitrogens with zero attached hydrogens (tertiary/aromatic N) is 1. The largest absolute Gasteiger partial charge is 0.198 e. The van der Waals surface area contributed by atoms with E-state index in [0.717, 1.165) is 31.6 Å². The molecule has 0 aromatic carbocycles. The molecule has 0 N–H and O–H groups in total. The van der Waals surface area contributed by atoms with Crippen molar-refractivity contribution in [2.24, 2.45) is 11.3 Å². The first-order chi connectivity index (χ1) is 8.28. The fraction of sp³-hybridized carbons (Fsp3) is 0.667. The van der Waals surface area contributed by atoms with Crippen molar-refractivity contribution in [1.82, 2.24) is 0 Å². The van der Waals surface area contributed by atoms with Crippen molar-refractivity contribution in [2.45, 2.75) is 51.9 Å². The first-order valence-corrected chi connectivity index (χ1v) is 7.59. The van der Waals surface area contributed by atoms with Crippen LogP contribution in [0.4, 0.5) is 0 Å². The minimum absolute atomic E-state index is 0.0249. The van der Waals surface area contributed by atoms with Crippen LogP contribution in [-0.4, -0.2) is 0 Å². The fourth-order valence-corrected chi connectivity index (χ4v) is 3.75. The van der Waals surface area contributed by atoms with Gasteiger partial charge in [-0.2, -0.15) is 5.26 Å². The SMILES string of the molecule is CCC1CCCC(C#N)(CCc2cccs2)C1. The lowest BCUT2D eigenvalue weighted by atomic mass is 9.67. The molecule has 2 heteroatoms. The second-order valence-electron chi connectivity index (χ2n) is 5.34. The molecule has 1 nitrogen and oxygen atoms in total. The van der Waals surface area contributed by atoms with E-state index in [-0.39, 0.29) is 5.41 Å². The summed E-state index contributed by atoms with van der Waals surface area (Å²) in [6.07, 6.45) is 8.21. The summed E-state index contributed by atoms with van der Waals surface area (Å²) < 4.78 is 0. The maximum absolute atomic E-state index is 9.54. The van der Waals surface area contributed by atoms with Gasteiger partial charge in [-0.25, -0.2) is 0 Å². The first-order valence-electron chi connectivity index (χ1n) is 6.71. The van der Waals surface area contributed by atoms with Crippen LogP contribution in [0.25, 0.3) is 0 Å². The molecular formula is C15H21NS. The molecule has 1 aliphatic rings. The van der Waals surface area contributed by atoms with Crippen molar-refractivity contribution in [1.29, 1.82) is 5.26 Å². The van der Waals surface area contributed by atoms with Crippen LogP contribution in [0, 0.1) is 22.7 Å². The molecule has 2 rings (SSSR count). The van der Waals surface area contributed by atoms with Gasteiger partial charge in [-0.1, -0.05) is 32.3 Å². The molecule has 1 fully saturated rings. The average Bonchev–Trinajstić information content (AvgIpc) is 2.90. The molecular weight excluding hydrogens is 226 g/mol. The molecule has 1 heterocycles. The molecule has 2 atom stereocenters. The molecule has 1 saturated carbocycles. The van der Waals surface area contributed by atoms with E-state index in [1.165, 1.54) is 24.1 Å². The molecule has 0 bridgehead atoms. The smallest absolute Gasteiger partial charge is 0.0689 e. The minimum Gasteiger partial charge on any atom is -0.198 e. The Morgan fingerprint density at radius 3 is 3.12 bits per heavy atom. The van der Waals surface area contributed by atoms with Crippen LogP contribution in [0.5, 0.6) is 0 Å². The zero-order valence-electron chi connectivity index (χ0n) is 10.6. The molecule has 17 heavy (non-hydrogen) atoms. The molecule has 0 spiro atoms. The van der Waals surface area contributed by atoms with Gasteiger partial charge >= 0.3 is 0 Å². The van der Waals surface area contributed by atoms with Crippen LogP contribution in [0.15, 0.2) is 17.5 Å². The van der Waals surface area contributed by atoms with Gasteiger partial charge in [0.15, 0.2) is 0 Å². The van der Waals surface area contributed by atoms with Crippen molar-refractivity contribution < 1.29 is 0 Å². The first kappa shape index (κ1) is 12.6. The summed E-state index contributed by atoms with van der Waals surface area (Å²) in [6, 6.07) is 6.95. The zero-order valence-corrected chi connectivity index (χ0v) is 11.4. The van der Waals surface area contributed by atoms with E-state index >= 15 is 0 Å². The second-order valence-corrected chi connectivity index (χ2v) is 6.37. The highest BCUT2D eigenvalue weighted by Crippen LogP contribution is 2.43. The Kier molecular flexibility index (Phi) is 4.23. The molecule has 0 aliphatic heterocycles. The van der Waals surface area contributed by atoms with E-state index in [9.17, 15) is 5.26 Å². The molecule has 0 saturated heterocycles. The van der Waals surface area contributed by atoms with E-state index in [4.69, 9.17) is 0 Å². The predicted molar refractivity (Wildman–Crippen MR) is 72.9 cm³/mol. The number of aryl methyl sites for hydroxylation is 1. The molecule has 0 radical (unpaired) electrons. The number of rotatable bonds is 4. The highest BCUT2D eigenvalue weighted by molar-refractivity contribution is 7.09. The lowest BCUT2D eigenvalue weighted by Crippen LogP contribution is -2.27. The predicted octanol–water partition coefficient (Wildman–Crippen LogP) is 4.79. The Labute approximate surface area is 108 Å². The number of nitriles is 1. The zero-order chi connectivity index (χ0) is 12.1. The van der Waals surface area contributed by atoms with E-state index in [1.54, 1.807) is 0 Å². The summed E-state index contributed by atoms with van der Waals surface area (Å²) in [4.78, 5) is 1.43. The van der Waals surface area contributed by atoms with Crippen LogP contribution in [0.1, 0.15) is 50.3 Å². The number of hydrogen-bond acceptors (Lipinski definition) is 2. The van der Waals surface area contributed by atoms with Gasteiger partial charge in [0.2, 0.25) is 0 Å². The van der Waals surface area contributed by atoms with Crippen molar-refractivity contribution in [3.05, 3.63) is 22.4 Å². The molecule has 0 amide bonds. The third kappa shape index (κ3) is 3.10. The Morgan fingerprint density at radius 1 is 1.59 bits per heavy atom. The van der Waals surface area contributed by atoms with Gasteiger partial charge in [-0.15, -0.1) is 11.3 Å². The normalized spacial score (nSPS) is 28.8. The summed E-state index contributed by atoms with van der Waals surface area (Å²) >= 11 is 1.82. The summed E-state index contributed by atoms with van der Waals surface area (Å²) in [6.45, 7) is 2.26. The van der Waals surface area contributed by atoms with Gasteiger partial charge in [0, 0.05) is 4.88 Å². The van der Waals surface area contributed by atoms with Gasteiger partial charge in [0.1, 0.15) is 0 Å². The van der Waals surface area contributed by atoms with Crippen LogP contribution < -0.4 is 0 Å². The van der Waals surface area contributed by atoms with E-state index in [2.05, 4.69) is 30.5 Å². The van der Waals surface area contributed by atoms with Gasteiger partial charge in [-0.05, 0) is 43.0 Å². The van der Waals surface area contributed by atoms with Gasteiger partial charge in [0.05, 0.1) is 11.5 Å². The van der Waals surface area contributed by atoms with E-state index in [0.29, 0.717) is 0 Å². The van der Waals surface area contributed by atoms with Gasteiger partial charge in [-0.3, -0.25) is 0 Å². The molecule has 1 aromatic heterocycles. The summed E-state index contributed by atoms with van der Waals surface area (Å²) in [7, 11) is 0. The molecule has 2 unspecified atom stereocenters. The lowest BCUT2D eigenvalue weighted by molar-refractivity contribution is 0.183. The van der Waals surface area contributed by atoms with Crippen molar-refractivity contribution >= 4 is 11.3 Å².